The van der Waals surface area contributed by atoms with Crippen LogP contribution in [0.3, 0.4) is 0 Å². The first-order valence-corrected chi connectivity index (χ1v) is 6.83. The van der Waals surface area contributed by atoms with Crippen LogP contribution in [0.5, 0.6) is 0 Å². The van der Waals surface area contributed by atoms with Gasteiger partial charge in [-0.1, -0.05) is 13.3 Å². The van der Waals surface area contributed by atoms with E-state index in [2.05, 4.69) is 5.32 Å². The molecule has 2 heterocycles. The highest BCUT2D eigenvalue weighted by Crippen LogP contribution is 2.27. The lowest BCUT2D eigenvalue weighted by molar-refractivity contribution is -0.154. The normalized spacial score (nSPS) is 31.1. The van der Waals surface area contributed by atoms with Gasteiger partial charge in [-0.15, -0.1) is 0 Å². The fourth-order valence-corrected chi connectivity index (χ4v) is 2.92. The zero-order chi connectivity index (χ0) is 14.0. The minimum atomic E-state index is -0.941. The number of carboxylic acid groups (broad SMARTS) is 1. The van der Waals surface area contributed by atoms with Gasteiger partial charge in [0.15, 0.2) is 0 Å². The topological polar surface area (TPSA) is 86.7 Å². The first kappa shape index (κ1) is 13.8. The molecule has 6 heteroatoms. The maximum Gasteiger partial charge on any atom is 0.326 e. The lowest BCUT2D eigenvalue weighted by Gasteiger charge is -2.38. The third kappa shape index (κ3) is 2.88. The average molecular weight is 268 g/mol. The van der Waals surface area contributed by atoms with Gasteiger partial charge in [0.25, 0.3) is 0 Å². The van der Waals surface area contributed by atoms with E-state index in [4.69, 9.17) is 0 Å². The Balaban J connectivity index is 2.06. The molecule has 2 amide bonds. The van der Waals surface area contributed by atoms with Crippen LogP contribution in [0.2, 0.25) is 0 Å². The smallest absolute Gasteiger partial charge is 0.326 e. The second kappa shape index (κ2) is 5.59. The van der Waals surface area contributed by atoms with Crippen LogP contribution in [0.4, 0.5) is 0 Å². The van der Waals surface area contributed by atoms with Crippen LogP contribution < -0.4 is 5.32 Å². The second-order valence-electron chi connectivity index (χ2n) is 5.39. The summed E-state index contributed by atoms with van der Waals surface area (Å²) in [5.41, 5.74) is 0. The maximum absolute atomic E-state index is 12.3. The highest BCUT2D eigenvalue weighted by Gasteiger charge is 2.40. The zero-order valence-electron chi connectivity index (χ0n) is 11.1. The van der Waals surface area contributed by atoms with Gasteiger partial charge in [-0.2, -0.15) is 0 Å². The molecule has 0 bridgehead atoms. The van der Waals surface area contributed by atoms with Crippen LogP contribution in [0.15, 0.2) is 0 Å². The zero-order valence-corrected chi connectivity index (χ0v) is 11.1. The number of aliphatic carboxylic acids is 1. The number of piperidine rings is 1. The van der Waals surface area contributed by atoms with Crippen molar-refractivity contribution in [2.45, 2.75) is 38.6 Å². The number of nitrogens with zero attached hydrogens (tertiary/aromatic N) is 1. The Morgan fingerprint density at radius 2 is 2.21 bits per heavy atom. The van der Waals surface area contributed by atoms with Gasteiger partial charge in [-0.05, 0) is 18.8 Å². The Bertz CT molecular complexity index is 396. The molecule has 19 heavy (non-hydrogen) atoms. The molecule has 106 valence electrons. The van der Waals surface area contributed by atoms with Crippen molar-refractivity contribution in [2.75, 3.05) is 13.1 Å². The summed E-state index contributed by atoms with van der Waals surface area (Å²) in [4.78, 5) is 36.3. The number of rotatable bonds is 3. The molecule has 2 saturated heterocycles. The Labute approximate surface area is 112 Å². The monoisotopic (exact) mass is 268 g/mol. The van der Waals surface area contributed by atoms with Gasteiger partial charge >= 0.3 is 5.97 Å². The molecule has 3 unspecified atom stereocenters. The van der Waals surface area contributed by atoms with Crippen LogP contribution in [-0.2, 0) is 14.4 Å². The van der Waals surface area contributed by atoms with E-state index in [1.165, 1.54) is 4.90 Å². The fourth-order valence-electron chi connectivity index (χ4n) is 2.92. The molecule has 0 radical (unpaired) electrons. The number of likely N-dealkylation sites (tertiary alicyclic amines) is 1. The van der Waals surface area contributed by atoms with Crippen LogP contribution in [0, 0.1) is 11.8 Å². The molecule has 0 aromatic rings. The van der Waals surface area contributed by atoms with E-state index in [1.807, 2.05) is 6.92 Å². The molecule has 6 nitrogen and oxygen atoms in total. The molecular weight excluding hydrogens is 248 g/mol. The fraction of sp³-hybridized carbons (Fsp3) is 0.769. The van der Waals surface area contributed by atoms with Crippen molar-refractivity contribution in [1.82, 2.24) is 10.2 Å². The Morgan fingerprint density at radius 3 is 2.74 bits per heavy atom. The number of hydrogen-bond donors (Lipinski definition) is 2. The molecule has 3 atom stereocenters. The molecule has 2 rings (SSSR count). The lowest BCUT2D eigenvalue weighted by Crippen LogP contribution is -2.52. The summed E-state index contributed by atoms with van der Waals surface area (Å²) < 4.78 is 0. The summed E-state index contributed by atoms with van der Waals surface area (Å²) in [7, 11) is 0. The van der Waals surface area contributed by atoms with Crippen LogP contribution in [-0.4, -0.2) is 46.9 Å². The van der Waals surface area contributed by atoms with Crippen molar-refractivity contribution >= 4 is 17.8 Å². The van der Waals surface area contributed by atoms with Crippen LogP contribution in [0.25, 0.3) is 0 Å². The van der Waals surface area contributed by atoms with Gasteiger partial charge in [0.1, 0.15) is 6.04 Å². The van der Waals surface area contributed by atoms with Gasteiger partial charge in [-0.25, -0.2) is 4.79 Å². The highest BCUT2D eigenvalue weighted by atomic mass is 16.4. The van der Waals surface area contributed by atoms with Gasteiger partial charge in [0, 0.05) is 19.5 Å². The lowest BCUT2D eigenvalue weighted by atomic mass is 9.88. The molecule has 0 aliphatic carbocycles. The van der Waals surface area contributed by atoms with Crippen molar-refractivity contribution < 1.29 is 19.5 Å². The van der Waals surface area contributed by atoms with Crippen molar-refractivity contribution in [3.05, 3.63) is 0 Å². The molecule has 0 aromatic heterocycles. The summed E-state index contributed by atoms with van der Waals surface area (Å²) in [5.74, 6) is -1.29. The first-order chi connectivity index (χ1) is 9.02. The summed E-state index contributed by atoms with van der Waals surface area (Å²) >= 11 is 0. The number of carbonyl (C=O) groups is 3. The largest absolute Gasteiger partial charge is 0.480 e. The van der Waals surface area contributed by atoms with E-state index < -0.39 is 17.9 Å². The SMILES string of the molecule is CCC1CCN(C(=O)C2CNC(=O)C2)C(C(=O)O)C1. The van der Waals surface area contributed by atoms with E-state index in [-0.39, 0.29) is 18.2 Å². The molecule has 0 spiro atoms. The third-order valence-electron chi connectivity index (χ3n) is 4.18. The third-order valence-corrected chi connectivity index (χ3v) is 4.18. The van der Waals surface area contributed by atoms with Crippen LogP contribution in [0.1, 0.15) is 32.6 Å². The highest BCUT2D eigenvalue weighted by molar-refractivity contribution is 5.91. The van der Waals surface area contributed by atoms with Crippen molar-refractivity contribution in [3.8, 4) is 0 Å². The summed E-state index contributed by atoms with van der Waals surface area (Å²) in [6.07, 6.45) is 2.49. The molecular formula is C13H20N2O4. The number of hydrogen-bond acceptors (Lipinski definition) is 3. The van der Waals surface area contributed by atoms with E-state index in [0.29, 0.717) is 25.4 Å². The summed E-state index contributed by atoms with van der Waals surface area (Å²) in [6, 6.07) is -0.734. The van der Waals surface area contributed by atoms with E-state index in [1.54, 1.807) is 0 Å². The molecule has 0 saturated carbocycles. The molecule has 2 fully saturated rings. The first-order valence-electron chi connectivity index (χ1n) is 6.83. The van der Waals surface area contributed by atoms with E-state index in [0.717, 1.165) is 12.8 Å². The summed E-state index contributed by atoms with van der Waals surface area (Å²) in [6.45, 7) is 2.86. The molecule has 0 aromatic carbocycles. The number of carboxylic acids is 1. The molecule has 2 N–H and O–H groups in total. The Kier molecular flexibility index (Phi) is 4.07. The second-order valence-corrected chi connectivity index (χ2v) is 5.39. The molecule has 2 aliphatic heterocycles. The van der Waals surface area contributed by atoms with Crippen molar-refractivity contribution in [1.29, 1.82) is 0 Å². The van der Waals surface area contributed by atoms with Gasteiger partial charge < -0.3 is 15.3 Å². The van der Waals surface area contributed by atoms with E-state index in [9.17, 15) is 19.5 Å². The number of carbonyl (C=O) groups excluding carboxylic acids is 2. The average Bonchev–Trinajstić information content (AvgIpc) is 2.83. The predicted molar refractivity (Wildman–Crippen MR) is 67.3 cm³/mol. The molecule has 2 aliphatic rings. The van der Waals surface area contributed by atoms with Crippen molar-refractivity contribution in [3.63, 3.8) is 0 Å². The van der Waals surface area contributed by atoms with Crippen LogP contribution >= 0.6 is 0 Å². The van der Waals surface area contributed by atoms with E-state index >= 15 is 0 Å². The minimum absolute atomic E-state index is 0.131. The van der Waals surface area contributed by atoms with Crippen molar-refractivity contribution in [2.24, 2.45) is 11.8 Å². The summed E-state index contributed by atoms with van der Waals surface area (Å²) in [5, 5.41) is 11.9. The Morgan fingerprint density at radius 1 is 1.47 bits per heavy atom. The predicted octanol–water partition coefficient (Wildman–Crippen LogP) is 0.224. The standard InChI is InChI=1S/C13H20N2O4/c1-2-8-3-4-15(10(5-8)13(18)19)12(17)9-6-11(16)14-7-9/h8-10H,2-7H2,1H3,(H,14,16)(H,18,19). The van der Waals surface area contributed by atoms with Gasteiger partial charge in [-0.3, -0.25) is 9.59 Å². The minimum Gasteiger partial charge on any atom is -0.480 e. The quantitative estimate of drug-likeness (QED) is 0.767. The number of nitrogens with one attached hydrogen (secondary N) is 1. The number of amides is 2. The maximum atomic E-state index is 12.3. The Hall–Kier alpha value is -1.59. The van der Waals surface area contributed by atoms with Gasteiger partial charge in [0.05, 0.1) is 5.92 Å². The van der Waals surface area contributed by atoms with Gasteiger partial charge in [0.2, 0.25) is 11.8 Å².